The molecule has 0 aliphatic heterocycles. The molecule has 0 nitrogen and oxygen atoms in total. The molecule has 0 amide bonds. The first-order valence-corrected chi connectivity index (χ1v) is 10.2. The van der Waals surface area contributed by atoms with Gasteiger partial charge in [0.1, 0.15) is 0 Å². The van der Waals surface area contributed by atoms with E-state index < -0.39 is 0 Å². The van der Waals surface area contributed by atoms with Crippen LogP contribution in [0.1, 0.15) is 86.0 Å². The van der Waals surface area contributed by atoms with Crippen LogP contribution in [0.2, 0.25) is 0 Å². The maximum absolute atomic E-state index is 2.63. The van der Waals surface area contributed by atoms with Crippen molar-refractivity contribution in [2.24, 2.45) is 34.5 Å². The van der Waals surface area contributed by atoms with Gasteiger partial charge in [0.2, 0.25) is 0 Å². The van der Waals surface area contributed by atoms with Crippen molar-refractivity contribution in [3.05, 3.63) is 23.8 Å². The van der Waals surface area contributed by atoms with Crippen molar-refractivity contribution in [3.63, 3.8) is 0 Å². The largest absolute Gasteiger partial charge is 0.0882 e. The summed E-state index contributed by atoms with van der Waals surface area (Å²) in [4.78, 5) is 0. The summed E-state index contributed by atoms with van der Waals surface area (Å²) in [6.45, 7) is 12.2. The molecular formula is C23H38. The van der Waals surface area contributed by atoms with Gasteiger partial charge in [-0.2, -0.15) is 0 Å². The van der Waals surface area contributed by atoms with E-state index in [-0.39, 0.29) is 0 Å². The molecule has 4 unspecified atom stereocenters. The molecule has 0 aromatic heterocycles. The van der Waals surface area contributed by atoms with Crippen LogP contribution < -0.4 is 0 Å². The molecular weight excluding hydrogens is 276 g/mol. The van der Waals surface area contributed by atoms with Gasteiger partial charge in [0.05, 0.1) is 0 Å². The summed E-state index contributed by atoms with van der Waals surface area (Å²) in [5.41, 5.74) is 2.83. The molecule has 130 valence electrons. The highest BCUT2D eigenvalue weighted by molar-refractivity contribution is 5.18. The Bertz CT molecular complexity index is 480. The predicted octanol–water partition coefficient (Wildman–Crippen LogP) is 7.17. The van der Waals surface area contributed by atoms with Crippen molar-refractivity contribution in [3.8, 4) is 0 Å². The summed E-state index contributed by atoms with van der Waals surface area (Å²) in [6, 6.07) is 0. The van der Waals surface area contributed by atoms with Gasteiger partial charge in [0, 0.05) is 0 Å². The van der Waals surface area contributed by atoms with Crippen molar-refractivity contribution >= 4 is 0 Å². The molecule has 3 rings (SSSR count). The molecule has 0 spiro atoms. The Kier molecular flexibility index (Phi) is 4.83. The van der Waals surface area contributed by atoms with Crippen molar-refractivity contribution in [2.45, 2.75) is 86.0 Å². The molecule has 2 saturated carbocycles. The molecule has 23 heavy (non-hydrogen) atoms. The number of fused-ring (bicyclic) bond motifs is 1. The molecule has 2 fully saturated rings. The van der Waals surface area contributed by atoms with Crippen molar-refractivity contribution in [1.29, 1.82) is 0 Å². The lowest BCUT2D eigenvalue weighted by Crippen LogP contribution is -2.36. The summed E-state index contributed by atoms with van der Waals surface area (Å²) in [7, 11) is 0. The van der Waals surface area contributed by atoms with Crippen LogP contribution in [-0.4, -0.2) is 0 Å². The third-order valence-electron chi connectivity index (χ3n) is 7.70. The van der Waals surface area contributed by atoms with Gasteiger partial charge in [-0.3, -0.25) is 0 Å². The van der Waals surface area contributed by atoms with E-state index in [2.05, 4.69) is 52.8 Å². The zero-order valence-electron chi connectivity index (χ0n) is 16.2. The number of hydrogen-bond acceptors (Lipinski definition) is 0. The summed E-state index contributed by atoms with van der Waals surface area (Å²) in [6.07, 6.45) is 18.8. The second-order valence-electron chi connectivity index (χ2n) is 9.83. The van der Waals surface area contributed by atoms with E-state index in [1.165, 1.54) is 51.4 Å². The second-order valence-corrected chi connectivity index (χ2v) is 9.83. The standard InChI is InChI=1S/C23H38/c1-6-19-8-7-14-23(5)20(11-12-21(19)23)17(2)9-10-18-13-15-22(3,4)16-18/h6,13,15,17-18,20-21H,7-12,14,16H2,1-5H3/b19-6+/t17-,18?,20?,21?,23?/m1/s1. The fourth-order valence-electron chi connectivity index (χ4n) is 6.45. The molecule has 0 N–H and O–H groups in total. The Morgan fingerprint density at radius 3 is 2.70 bits per heavy atom. The third kappa shape index (κ3) is 3.33. The van der Waals surface area contributed by atoms with Gasteiger partial charge in [-0.25, -0.2) is 0 Å². The number of hydrogen-bond donors (Lipinski definition) is 0. The predicted molar refractivity (Wildman–Crippen MR) is 101 cm³/mol. The molecule has 3 aliphatic rings. The van der Waals surface area contributed by atoms with Crippen LogP contribution in [0.3, 0.4) is 0 Å². The third-order valence-corrected chi connectivity index (χ3v) is 7.70. The molecule has 0 saturated heterocycles. The maximum Gasteiger partial charge on any atom is -0.0146 e. The first-order valence-electron chi connectivity index (χ1n) is 10.2. The Labute approximate surface area is 144 Å². The van der Waals surface area contributed by atoms with Gasteiger partial charge in [-0.15, -0.1) is 0 Å². The first-order chi connectivity index (χ1) is 10.9. The Balaban J connectivity index is 1.60. The zero-order valence-corrected chi connectivity index (χ0v) is 16.2. The van der Waals surface area contributed by atoms with Crippen LogP contribution in [0.15, 0.2) is 23.8 Å². The van der Waals surface area contributed by atoms with Crippen LogP contribution in [0.4, 0.5) is 0 Å². The quantitative estimate of drug-likeness (QED) is 0.482. The minimum Gasteiger partial charge on any atom is -0.0882 e. The maximum atomic E-state index is 2.63. The van der Waals surface area contributed by atoms with E-state index in [0.717, 1.165) is 23.7 Å². The van der Waals surface area contributed by atoms with E-state index in [4.69, 9.17) is 0 Å². The highest BCUT2D eigenvalue weighted by Crippen LogP contribution is 2.60. The fourth-order valence-corrected chi connectivity index (χ4v) is 6.45. The monoisotopic (exact) mass is 314 g/mol. The summed E-state index contributed by atoms with van der Waals surface area (Å²) in [5, 5.41) is 0. The molecule has 0 bridgehead atoms. The van der Waals surface area contributed by atoms with Gasteiger partial charge >= 0.3 is 0 Å². The Hall–Kier alpha value is -0.520. The van der Waals surface area contributed by atoms with E-state index in [1.54, 1.807) is 5.57 Å². The van der Waals surface area contributed by atoms with Crippen LogP contribution in [0.25, 0.3) is 0 Å². The first kappa shape index (κ1) is 17.3. The smallest absolute Gasteiger partial charge is 0.0146 e. The average molecular weight is 315 g/mol. The zero-order chi connectivity index (χ0) is 16.7. The van der Waals surface area contributed by atoms with Crippen molar-refractivity contribution < 1.29 is 0 Å². The summed E-state index contributed by atoms with van der Waals surface area (Å²) >= 11 is 0. The molecule has 3 aliphatic carbocycles. The van der Waals surface area contributed by atoms with Crippen LogP contribution >= 0.6 is 0 Å². The minimum atomic E-state index is 0.447. The van der Waals surface area contributed by atoms with Crippen molar-refractivity contribution in [2.75, 3.05) is 0 Å². The van der Waals surface area contributed by atoms with E-state index >= 15 is 0 Å². The van der Waals surface area contributed by atoms with Crippen LogP contribution in [-0.2, 0) is 0 Å². The molecule has 5 atom stereocenters. The van der Waals surface area contributed by atoms with Gasteiger partial charge in [-0.1, -0.05) is 51.5 Å². The summed E-state index contributed by atoms with van der Waals surface area (Å²) in [5.74, 6) is 3.60. The lowest BCUT2D eigenvalue weighted by Gasteiger charge is -2.44. The van der Waals surface area contributed by atoms with E-state index in [0.29, 0.717) is 10.8 Å². The van der Waals surface area contributed by atoms with Gasteiger partial charge in [-0.05, 0) is 92.8 Å². The minimum absolute atomic E-state index is 0.447. The van der Waals surface area contributed by atoms with Gasteiger partial charge in [0.25, 0.3) is 0 Å². The summed E-state index contributed by atoms with van der Waals surface area (Å²) < 4.78 is 0. The molecule has 0 radical (unpaired) electrons. The van der Waals surface area contributed by atoms with Crippen LogP contribution in [0, 0.1) is 34.5 Å². The number of rotatable bonds is 4. The molecule has 0 aromatic carbocycles. The second kappa shape index (κ2) is 6.41. The van der Waals surface area contributed by atoms with E-state index in [1.807, 2.05) is 0 Å². The van der Waals surface area contributed by atoms with E-state index in [9.17, 15) is 0 Å². The fraction of sp³-hybridized carbons (Fsp3) is 0.826. The number of allylic oxidation sites excluding steroid dienone is 4. The Morgan fingerprint density at radius 1 is 1.26 bits per heavy atom. The molecule has 0 heteroatoms. The lowest BCUT2D eigenvalue weighted by molar-refractivity contribution is 0.0917. The SMILES string of the molecule is C/C=C1\CCCC2(C)C1CCC2[C@H](C)CCC1C=CC(C)(C)C1. The topological polar surface area (TPSA) is 0 Å². The highest BCUT2D eigenvalue weighted by atomic mass is 14.5. The molecule has 0 aromatic rings. The highest BCUT2D eigenvalue weighted by Gasteiger charge is 2.50. The Morgan fingerprint density at radius 2 is 2.04 bits per heavy atom. The van der Waals surface area contributed by atoms with Crippen LogP contribution in [0.5, 0.6) is 0 Å². The normalized spacial score (nSPS) is 42.1. The van der Waals surface area contributed by atoms with Gasteiger partial charge < -0.3 is 0 Å². The molecule has 0 heterocycles. The van der Waals surface area contributed by atoms with Gasteiger partial charge in [0.15, 0.2) is 0 Å². The van der Waals surface area contributed by atoms with Crippen molar-refractivity contribution in [1.82, 2.24) is 0 Å². The average Bonchev–Trinajstić information content (AvgIpc) is 3.03. The lowest BCUT2D eigenvalue weighted by atomic mass is 9.60.